The molecule has 0 amide bonds. The first-order valence-electron chi connectivity index (χ1n) is 4.72. The molecular formula is C11H15N. The Morgan fingerprint density at radius 3 is 3.08 bits per heavy atom. The summed E-state index contributed by atoms with van der Waals surface area (Å²) in [6, 6.07) is 0. The molecule has 0 aromatic heterocycles. The molecule has 1 nitrogen and oxygen atoms in total. The molecule has 0 radical (unpaired) electrons. The molecule has 1 heterocycles. The molecule has 0 aromatic rings. The lowest BCUT2D eigenvalue weighted by Crippen LogP contribution is -2.05. The number of rotatable bonds is 2. The second kappa shape index (κ2) is 2.89. The van der Waals surface area contributed by atoms with Gasteiger partial charge in [0.25, 0.3) is 0 Å². The van der Waals surface area contributed by atoms with E-state index in [2.05, 4.69) is 24.6 Å². The zero-order chi connectivity index (χ0) is 8.55. The van der Waals surface area contributed by atoms with E-state index in [9.17, 15) is 0 Å². The summed E-state index contributed by atoms with van der Waals surface area (Å²) < 4.78 is 0. The second-order valence-corrected chi connectivity index (χ2v) is 3.75. The van der Waals surface area contributed by atoms with Gasteiger partial charge in [-0.3, -0.25) is 4.99 Å². The van der Waals surface area contributed by atoms with Gasteiger partial charge in [-0.1, -0.05) is 26.0 Å². The van der Waals surface area contributed by atoms with E-state index >= 15 is 0 Å². The lowest BCUT2D eigenvalue weighted by Gasteiger charge is -2.14. The molecule has 0 bridgehead atoms. The Kier molecular flexibility index (Phi) is 1.87. The quantitative estimate of drug-likeness (QED) is 0.590. The molecule has 12 heavy (non-hydrogen) atoms. The fourth-order valence-corrected chi connectivity index (χ4v) is 2.08. The van der Waals surface area contributed by atoms with Gasteiger partial charge in [0.15, 0.2) is 0 Å². The molecule has 1 aliphatic heterocycles. The van der Waals surface area contributed by atoms with Gasteiger partial charge < -0.3 is 0 Å². The van der Waals surface area contributed by atoms with Gasteiger partial charge >= 0.3 is 0 Å². The molecule has 0 N–H and O–H groups in total. The van der Waals surface area contributed by atoms with Crippen LogP contribution in [-0.2, 0) is 0 Å². The highest BCUT2D eigenvalue weighted by atomic mass is 14.8. The van der Waals surface area contributed by atoms with Gasteiger partial charge in [0.1, 0.15) is 0 Å². The van der Waals surface area contributed by atoms with Gasteiger partial charge in [-0.05, 0) is 24.3 Å². The highest BCUT2D eigenvalue weighted by molar-refractivity contribution is 5.73. The minimum Gasteiger partial charge on any atom is -0.261 e. The molecule has 1 saturated carbocycles. The summed E-state index contributed by atoms with van der Waals surface area (Å²) in [7, 11) is 0. The van der Waals surface area contributed by atoms with Crippen LogP contribution in [0.15, 0.2) is 29.4 Å². The number of aliphatic imine (C=N–C) groups is 1. The van der Waals surface area contributed by atoms with E-state index in [1.54, 1.807) is 0 Å². The van der Waals surface area contributed by atoms with Gasteiger partial charge in [-0.25, -0.2) is 0 Å². The van der Waals surface area contributed by atoms with Crippen LogP contribution >= 0.6 is 0 Å². The van der Waals surface area contributed by atoms with E-state index in [4.69, 9.17) is 0 Å². The van der Waals surface area contributed by atoms with Crippen molar-refractivity contribution in [3.8, 4) is 0 Å². The molecule has 64 valence electrons. The lowest BCUT2D eigenvalue weighted by atomic mass is 9.96. The van der Waals surface area contributed by atoms with Gasteiger partial charge in [0.05, 0.1) is 0 Å². The lowest BCUT2D eigenvalue weighted by molar-refractivity contribution is 0.576. The van der Waals surface area contributed by atoms with Crippen molar-refractivity contribution in [1.29, 1.82) is 0 Å². The number of hydrogen-bond donors (Lipinski definition) is 0. The number of allylic oxidation sites excluding steroid dienone is 2. The van der Waals surface area contributed by atoms with Crippen LogP contribution in [0.4, 0.5) is 0 Å². The minimum atomic E-state index is 0.542. The first kappa shape index (κ1) is 7.78. The van der Waals surface area contributed by atoms with Gasteiger partial charge in [0.2, 0.25) is 0 Å². The van der Waals surface area contributed by atoms with E-state index in [0.717, 1.165) is 17.5 Å². The fraction of sp³-hybridized carbons (Fsp3) is 0.545. The van der Waals surface area contributed by atoms with Crippen molar-refractivity contribution in [3.05, 3.63) is 24.4 Å². The first-order valence-corrected chi connectivity index (χ1v) is 4.72. The monoisotopic (exact) mass is 161 g/mol. The molecule has 0 saturated heterocycles. The highest BCUT2D eigenvalue weighted by Gasteiger charge is 2.41. The number of hydrogen-bond acceptors (Lipinski definition) is 1. The molecule has 1 aliphatic carbocycles. The summed E-state index contributed by atoms with van der Waals surface area (Å²) in [5.41, 5.74) is 1.05. The van der Waals surface area contributed by atoms with Crippen molar-refractivity contribution in [2.24, 2.45) is 22.7 Å². The smallest absolute Gasteiger partial charge is 0.0403 e. The summed E-state index contributed by atoms with van der Waals surface area (Å²) in [5, 5.41) is 0. The Morgan fingerprint density at radius 2 is 2.50 bits per heavy atom. The summed E-state index contributed by atoms with van der Waals surface area (Å²) >= 11 is 0. The van der Waals surface area contributed by atoms with E-state index < -0.39 is 0 Å². The Morgan fingerprint density at radius 1 is 1.67 bits per heavy atom. The van der Waals surface area contributed by atoms with Crippen LogP contribution in [0.2, 0.25) is 0 Å². The van der Waals surface area contributed by atoms with E-state index in [1.165, 1.54) is 12.8 Å². The highest BCUT2D eigenvalue weighted by Crippen LogP contribution is 2.49. The Hall–Kier alpha value is -0.850. The largest absolute Gasteiger partial charge is 0.261 e. The predicted octanol–water partition coefficient (Wildman–Crippen LogP) is 2.80. The second-order valence-electron chi connectivity index (χ2n) is 3.75. The Bertz CT molecular complexity index is 250. The first-order chi connectivity index (χ1) is 5.83. The van der Waals surface area contributed by atoms with Crippen molar-refractivity contribution < 1.29 is 0 Å². The normalized spacial score (nSPS) is 38.8. The van der Waals surface area contributed by atoms with E-state index in [0.29, 0.717) is 5.92 Å². The molecule has 1 fully saturated rings. The molecular weight excluding hydrogens is 146 g/mol. The zero-order valence-corrected chi connectivity index (χ0v) is 7.53. The maximum atomic E-state index is 4.24. The van der Waals surface area contributed by atoms with Crippen LogP contribution in [0.1, 0.15) is 19.8 Å². The maximum Gasteiger partial charge on any atom is 0.0403 e. The van der Waals surface area contributed by atoms with E-state index in [-0.39, 0.29) is 0 Å². The minimum absolute atomic E-state index is 0.542. The molecule has 2 rings (SSSR count). The third kappa shape index (κ3) is 1.24. The Labute approximate surface area is 73.9 Å². The van der Waals surface area contributed by atoms with Crippen LogP contribution in [0.3, 0.4) is 0 Å². The molecule has 2 unspecified atom stereocenters. The SMILES string of the molecule is C=C1N=CC=CC1[C@@H]1CC1CC. The van der Waals surface area contributed by atoms with Gasteiger partial charge in [0, 0.05) is 17.8 Å². The van der Waals surface area contributed by atoms with Crippen LogP contribution < -0.4 is 0 Å². The van der Waals surface area contributed by atoms with Crippen LogP contribution in [-0.4, -0.2) is 6.21 Å². The number of dihydropyridines is 1. The van der Waals surface area contributed by atoms with Crippen LogP contribution in [0.5, 0.6) is 0 Å². The number of nitrogens with zero attached hydrogens (tertiary/aromatic N) is 1. The van der Waals surface area contributed by atoms with Crippen LogP contribution in [0.25, 0.3) is 0 Å². The van der Waals surface area contributed by atoms with E-state index in [1.807, 2.05) is 12.3 Å². The zero-order valence-electron chi connectivity index (χ0n) is 7.53. The summed E-state index contributed by atoms with van der Waals surface area (Å²) in [4.78, 5) is 4.24. The summed E-state index contributed by atoms with van der Waals surface area (Å²) in [6.45, 7) is 6.24. The molecule has 1 heteroatoms. The van der Waals surface area contributed by atoms with Crippen molar-refractivity contribution in [3.63, 3.8) is 0 Å². The molecule has 3 atom stereocenters. The average molecular weight is 161 g/mol. The van der Waals surface area contributed by atoms with Crippen molar-refractivity contribution in [2.45, 2.75) is 19.8 Å². The van der Waals surface area contributed by atoms with Gasteiger partial charge in [-0.2, -0.15) is 0 Å². The maximum absolute atomic E-state index is 4.24. The van der Waals surface area contributed by atoms with Crippen molar-refractivity contribution in [2.75, 3.05) is 0 Å². The summed E-state index contributed by atoms with van der Waals surface area (Å²) in [5.74, 6) is 2.32. The fourth-order valence-electron chi connectivity index (χ4n) is 2.08. The molecule has 0 spiro atoms. The Balaban J connectivity index is 2.01. The van der Waals surface area contributed by atoms with Crippen molar-refractivity contribution >= 4 is 6.21 Å². The predicted molar refractivity (Wildman–Crippen MR) is 52.2 cm³/mol. The summed E-state index contributed by atoms with van der Waals surface area (Å²) in [6.07, 6.45) is 8.81. The third-order valence-electron chi connectivity index (χ3n) is 2.99. The van der Waals surface area contributed by atoms with Gasteiger partial charge in [-0.15, -0.1) is 0 Å². The van der Waals surface area contributed by atoms with Crippen molar-refractivity contribution in [1.82, 2.24) is 0 Å². The molecule has 0 aromatic carbocycles. The topological polar surface area (TPSA) is 12.4 Å². The standard InChI is InChI=1S/C11H15N/c1-3-9-7-11(9)10-5-4-6-12-8(10)2/h4-6,9-11H,2-3,7H2,1H3/t9?,10?,11-/m1/s1. The van der Waals surface area contributed by atoms with Crippen LogP contribution in [0, 0.1) is 17.8 Å². The molecule has 2 aliphatic rings. The third-order valence-corrected chi connectivity index (χ3v) is 2.99. The average Bonchev–Trinajstić information content (AvgIpc) is 2.84.